The highest BCUT2D eigenvalue weighted by Gasteiger charge is 2.07. The minimum atomic E-state index is -0.291. The van der Waals surface area contributed by atoms with Crippen LogP contribution in [-0.4, -0.2) is 16.9 Å². The van der Waals surface area contributed by atoms with Gasteiger partial charge in [-0.05, 0) is 19.9 Å². The van der Waals surface area contributed by atoms with Crippen LogP contribution in [0.3, 0.4) is 0 Å². The first kappa shape index (κ1) is 16.3. The summed E-state index contributed by atoms with van der Waals surface area (Å²) < 4.78 is 15.6. The Morgan fingerprint density at radius 3 is 2.46 bits per heavy atom. The van der Waals surface area contributed by atoms with Gasteiger partial charge in [-0.15, -0.1) is 11.3 Å². The lowest BCUT2D eigenvalue weighted by Gasteiger charge is -2.04. The Morgan fingerprint density at radius 1 is 1.04 bits per heavy atom. The van der Waals surface area contributed by atoms with Crippen molar-refractivity contribution in [2.24, 2.45) is 10.1 Å². The zero-order valence-corrected chi connectivity index (χ0v) is 14.4. The van der Waals surface area contributed by atoms with Crippen LogP contribution in [0.4, 0.5) is 4.39 Å². The molecule has 3 rings (SSSR count). The maximum absolute atomic E-state index is 13.8. The summed E-state index contributed by atoms with van der Waals surface area (Å²) in [6, 6.07) is 16.7. The van der Waals surface area contributed by atoms with Crippen molar-refractivity contribution >= 4 is 17.6 Å². The van der Waals surface area contributed by atoms with E-state index in [1.54, 1.807) is 22.9 Å². The second kappa shape index (κ2) is 7.36. The molecular weight excluding hydrogens is 321 g/mol. The quantitative estimate of drug-likeness (QED) is 0.624. The van der Waals surface area contributed by atoms with E-state index >= 15 is 0 Å². The normalized spacial score (nSPS) is 12.4. The Bertz CT molecular complexity index is 908. The van der Waals surface area contributed by atoms with Crippen LogP contribution in [0.1, 0.15) is 19.4 Å². The van der Waals surface area contributed by atoms with Crippen molar-refractivity contribution in [2.75, 3.05) is 0 Å². The van der Waals surface area contributed by atoms with Crippen molar-refractivity contribution in [3.05, 3.63) is 76.2 Å². The van der Waals surface area contributed by atoms with Crippen LogP contribution in [0.25, 0.3) is 11.3 Å². The summed E-state index contributed by atoms with van der Waals surface area (Å²) in [5.74, 6) is -0.291. The lowest BCUT2D eigenvalue weighted by Crippen LogP contribution is -2.14. The topological polar surface area (TPSA) is 29.6 Å². The third-order valence-electron chi connectivity index (χ3n) is 3.34. The molecule has 1 heterocycles. The maximum atomic E-state index is 13.8. The average molecular weight is 339 g/mol. The van der Waals surface area contributed by atoms with E-state index in [0.29, 0.717) is 5.56 Å². The van der Waals surface area contributed by atoms with Crippen LogP contribution in [0.5, 0.6) is 0 Å². The van der Waals surface area contributed by atoms with Crippen LogP contribution in [0.2, 0.25) is 0 Å². The summed E-state index contributed by atoms with van der Waals surface area (Å²) in [7, 11) is 0. The lowest BCUT2D eigenvalue weighted by molar-refractivity contribution is 0.625. The minimum Gasteiger partial charge on any atom is -0.255 e. The van der Waals surface area contributed by atoms with Gasteiger partial charge in [0.25, 0.3) is 0 Å². The first-order valence-electron chi connectivity index (χ1n) is 7.74. The Hall–Kier alpha value is -2.53. The molecule has 0 unspecified atom stereocenters. The van der Waals surface area contributed by atoms with Crippen molar-refractivity contribution in [3.8, 4) is 11.3 Å². The van der Waals surface area contributed by atoms with Gasteiger partial charge in [0, 0.05) is 22.5 Å². The molecule has 0 atom stereocenters. The van der Waals surface area contributed by atoms with Gasteiger partial charge in [-0.3, -0.25) is 4.99 Å². The monoisotopic (exact) mass is 339 g/mol. The molecule has 0 aliphatic rings. The molecule has 2 aromatic carbocycles. The molecule has 24 heavy (non-hydrogen) atoms. The van der Waals surface area contributed by atoms with E-state index in [4.69, 9.17) is 0 Å². The number of hydrogen-bond donors (Lipinski definition) is 0. The average Bonchev–Trinajstić information content (AvgIpc) is 2.97. The Kier molecular flexibility index (Phi) is 5.01. The van der Waals surface area contributed by atoms with Gasteiger partial charge in [-0.25, -0.2) is 9.07 Å². The van der Waals surface area contributed by atoms with Crippen LogP contribution in [-0.2, 0) is 0 Å². The van der Waals surface area contributed by atoms with Crippen LogP contribution in [0.15, 0.2) is 70.1 Å². The molecule has 0 N–H and O–H groups in total. The van der Waals surface area contributed by atoms with Crippen LogP contribution >= 0.6 is 11.3 Å². The predicted octanol–water partition coefficient (Wildman–Crippen LogP) is 4.55. The first-order chi connectivity index (χ1) is 11.6. The fourth-order valence-corrected chi connectivity index (χ4v) is 3.20. The predicted molar refractivity (Wildman–Crippen MR) is 97.8 cm³/mol. The zero-order valence-electron chi connectivity index (χ0n) is 13.6. The molecule has 0 fully saturated rings. The van der Waals surface area contributed by atoms with Crippen LogP contribution in [0, 0.1) is 5.82 Å². The Labute approximate surface area is 144 Å². The van der Waals surface area contributed by atoms with Crippen molar-refractivity contribution in [1.82, 2.24) is 4.68 Å². The SMILES string of the molecule is CC(C)N=c1scc(-c2ccccc2)n1N=Cc1ccccc1F. The summed E-state index contributed by atoms with van der Waals surface area (Å²) in [6.45, 7) is 4.04. The van der Waals surface area contributed by atoms with Crippen molar-refractivity contribution in [3.63, 3.8) is 0 Å². The highest BCUT2D eigenvalue weighted by Crippen LogP contribution is 2.19. The molecule has 3 nitrogen and oxygen atoms in total. The number of nitrogens with zero attached hydrogens (tertiary/aromatic N) is 3. The van der Waals surface area contributed by atoms with Gasteiger partial charge < -0.3 is 0 Å². The molecule has 0 radical (unpaired) electrons. The maximum Gasteiger partial charge on any atom is 0.206 e. The first-order valence-corrected chi connectivity index (χ1v) is 8.62. The highest BCUT2D eigenvalue weighted by atomic mass is 32.1. The smallest absolute Gasteiger partial charge is 0.206 e. The van der Waals surface area contributed by atoms with E-state index in [-0.39, 0.29) is 11.9 Å². The highest BCUT2D eigenvalue weighted by molar-refractivity contribution is 7.07. The van der Waals surface area contributed by atoms with E-state index in [0.717, 1.165) is 16.1 Å². The van der Waals surface area contributed by atoms with Crippen molar-refractivity contribution in [2.45, 2.75) is 19.9 Å². The number of halogens is 1. The second-order valence-electron chi connectivity index (χ2n) is 5.57. The molecule has 1 aromatic heterocycles. The third kappa shape index (κ3) is 3.68. The second-order valence-corrected chi connectivity index (χ2v) is 6.41. The van der Waals surface area contributed by atoms with E-state index in [2.05, 4.69) is 10.1 Å². The molecule has 0 saturated carbocycles. The molecule has 122 valence electrons. The molecule has 0 bridgehead atoms. The molecule has 5 heteroatoms. The summed E-state index contributed by atoms with van der Waals surface area (Å²) >= 11 is 1.53. The Morgan fingerprint density at radius 2 is 1.75 bits per heavy atom. The van der Waals surface area contributed by atoms with E-state index in [1.807, 2.05) is 49.6 Å². The number of thiazole rings is 1. The summed E-state index contributed by atoms with van der Waals surface area (Å²) in [5.41, 5.74) is 2.43. The number of benzene rings is 2. The van der Waals surface area contributed by atoms with Crippen molar-refractivity contribution < 1.29 is 4.39 Å². The van der Waals surface area contributed by atoms with E-state index < -0.39 is 0 Å². The molecular formula is C19H18FN3S. The number of rotatable bonds is 4. The van der Waals surface area contributed by atoms with E-state index in [1.165, 1.54) is 23.6 Å². The zero-order chi connectivity index (χ0) is 16.9. The van der Waals surface area contributed by atoms with Crippen molar-refractivity contribution in [1.29, 1.82) is 0 Å². The van der Waals surface area contributed by atoms with Gasteiger partial charge in [0.1, 0.15) is 5.82 Å². The molecule has 3 aromatic rings. The molecule has 0 spiro atoms. The Balaban J connectivity index is 2.11. The fourth-order valence-electron chi connectivity index (χ4n) is 2.23. The minimum absolute atomic E-state index is 0.155. The van der Waals surface area contributed by atoms with Gasteiger partial charge in [0.05, 0.1) is 11.9 Å². The number of aromatic nitrogens is 1. The lowest BCUT2D eigenvalue weighted by atomic mass is 10.2. The van der Waals surface area contributed by atoms with Gasteiger partial charge in [0.2, 0.25) is 4.80 Å². The number of hydrogen-bond acceptors (Lipinski definition) is 3. The molecule has 0 amide bonds. The third-order valence-corrected chi connectivity index (χ3v) is 4.17. The molecule has 0 saturated heterocycles. The van der Waals surface area contributed by atoms with Gasteiger partial charge in [0.15, 0.2) is 0 Å². The largest absolute Gasteiger partial charge is 0.255 e. The molecule has 0 aliphatic heterocycles. The molecule has 0 aliphatic carbocycles. The van der Waals surface area contributed by atoms with Gasteiger partial charge in [-0.1, -0.05) is 48.5 Å². The fraction of sp³-hybridized carbons (Fsp3) is 0.158. The standard InChI is InChI=1S/C19H18FN3S/c1-14(2)22-19-23(21-12-16-10-6-7-11-17(16)20)18(13-24-19)15-8-4-3-5-9-15/h3-14H,1-2H3. The summed E-state index contributed by atoms with van der Waals surface area (Å²) in [4.78, 5) is 5.40. The van der Waals surface area contributed by atoms with E-state index in [9.17, 15) is 4.39 Å². The van der Waals surface area contributed by atoms with Crippen LogP contribution < -0.4 is 4.80 Å². The van der Waals surface area contributed by atoms with Gasteiger partial charge in [-0.2, -0.15) is 5.10 Å². The summed E-state index contributed by atoms with van der Waals surface area (Å²) in [6.07, 6.45) is 1.54. The van der Waals surface area contributed by atoms with Gasteiger partial charge >= 0.3 is 0 Å². The summed E-state index contributed by atoms with van der Waals surface area (Å²) in [5, 5.41) is 6.52.